The number of benzene rings is 1. The number of hydrogen-bond acceptors (Lipinski definition) is 4. The predicted molar refractivity (Wildman–Crippen MR) is 80.9 cm³/mol. The third-order valence-corrected chi connectivity index (χ3v) is 5.63. The van der Waals surface area contributed by atoms with Crippen molar-refractivity contribution >= 4 is 20.9 Å². The number of sulfonamides is 1. The first-order valence-corrected chi connectivity index (χ1v) is 8.27. The van der Waals surface area contributed by atoms with Crippen molar-refractivity contribution in [2.45, 2.75) is 11.8 Å². The van der Waals surface area contributed by atoms with Crippen LogP contribution < -0.4 is 10.9 Å². The van der Waals surface area contributed by atoms with E-state index in [1.54, 1.807) is 25.1 Å². The van der Waals surface area contributed by atoms with Gasteiger partial charge in [0.15, 0.2) is 0 Å². The summed E-state index contributed by atoms with van der Waals surface area (Å²) in [5, 5.41) is 3.89. The minimum atomic E-state index is -3.48. The topological polar surface area (TPSA) is 82.3 Å². The molecule has 0 unspecified atom stereocenters. The molecule has 0 aliphatic carbocycles. The molecule has 0 atom stereocenters. The number of rotatable bonds is 2. The van der Waals surface area contributed by atoms with Crippen LogP contribution in [-0.4, -0.2) is 43.9 Å². The van der Waals surface area contributed by atoms with Gasteiger partial charge in [0, 0.05) is 43.1 Å². The van der Waals surface area contributed by atoms with Gasteiger partial charge in [0.1, 0.15) is 0 Å². The first-order chi connectivity index (χ1) is 9.98. The molecule has 1 aromatic heterocycles. The molecule has 0 bridgehead atoms. The Labute approximate surface area is 122 Å². The molecular weight excluding hydrogens is 290 g/mol. The second kappa shape index (κ2) is 5.25. The number of nitrogens with zero attached hydrogens (tertiary/aromatic N) is 1. The number of fused-ring (bicyclic) bond motifs is 1. The van der Waals surface area contributed by atoms with E-state index in [0.717, 1.165) is 10.9 Å². The SMILES string of the molecule is Cc1cc(=O)[nH]c2ccc(S(=O)(=O)N3CCNCC3)cc12. The summed E-state index contributed by atoms with van der Waals surface area (Å²) in [4.78, 5) is 14.4. The highest BCUT2D eigenvalue weighted by atomic mass is 32.2. The maximum atomic E-state index is 12.6. The van der Waals surface area contributed by atoms with Crippen LogP contribution in [0, 0.1) is 6.92 Å². The van der Waals surface area contributed by atoms with E-state index in [4.69, 9.17) is 0 Å². The van der Waals surface area contributed by atoms with E-state index in [-0.39, 0.29) is 10.5 Å². The molecule has 1 saturated heterocycles. The van der Waals surface area contributed by atoms with Gasteiger partial charge in [0.2, 0.25) is 15.6 Å². The van der Waals surface area contributed by atoms with Crippen molar-refractivity contribution in [3.63, 3.8) is 0 Å². The molecule has 0 amide bonds. The largest absolute Gasteiger partial charge is 0.322 e. The number of nitrogens with one attached hydrogen (secondary N) is 2. The van der Waals surface area contributed by atoms with E-state index in [9.17, 15) is 13.2 Å². The highest BCUT2D eigenvalue weighted by molar-refractivity contribution is 7.89. The van der Waals surface area contributed by atoms with Gasteiger partial charge in [-0.2, -0.15) is 4.31 Å². The molecule has 1 aliphatic rings. The zero-order valence-electron chi connectivity index (χ0n) is 11.7. The number of pyridine rings is 1. The Morgan fingerprint density at radius 3 is 2.57 bits per heavy atom. The van der Waals surface area contributed by atoms with Gasteiger partial charge in [0.05, 0.1) is 4.90 Å². The first-order valence-electron chi connectivity index (χ1n) is 6.83. The number of aromatic amines is 1. The van der Waals surface area contributed by atoms with E-state index < -0.39 is 10.0 Å². The summed E-state index contributed by atoms with van der Waals surface area (Å²) < 4.78 is 26.8. The second-order valence-electron chi connectivity index (χ2n) is 5.18. The third kappa shape index (κ3) is 2.59. The van der Waals surface area contributed by atoms with Crippen LogP contribution in [0.3, 0.4) is 0 Å². The fourth-order valence-electron chi connectivity index (χ4n) is 2.60. The first kappa shape index (κ1) is 14.2. The van der Waals surface area contributed by atoms with Gasteiger partial charge >= 0.3 is 0 Å². The Morgan fingerprint density at radius 2 is 1.86 bits per heavy atom. The fraction of sp³-hybridized carbons (Fsp3) is 0.357. The molecule has 1 fully saturated rings. The molecule has 1 aromatic carbocycles. The number of H-pyrrole nitrogens is 1. The molecule has 0 radical (unpaired) electrons. The van der Waals surface area contributed by atoms with Gasteiger partial charge in [-0.05, 0) is 30.7 Å². The van der Waals surface area contributed by atoms with Crippen molar-refractivity contribution in [3.05, 3.63) is 40.2 Å². The molecule has 0 spiro atoms. The Hall–Kier alpha value is -1.70. The van der Waals surface area contributed by atoms with Gasteiger partial charge < -0.3 is 10.3 Å². The summed E-state index contributed by atoms with van der Waals surface area (Å²) in [5.74, 6) is 0. The summed E-state index contributed by atoms with van der Waals surface area (Å²) in [7, 11) is -3.48. The smallest absolute Gasteiger partial charge is 0.248 e. The Kier molecular flexibility index (Phi) is 3.56. The van der Waals surface area contributed by atoms with Gasteiger partial charge in [-0.15, -0.1) is 0 Å². The summed E-state index contributed by atoms with van der Waals surface area (Å²) in [6.45, 7) is 4.09. The van der Waals surface area contributed by atoms with Crippen LogP contribution in [0.4, 0.5) is 0 Å². The lowest BCUT2D eigenvalue weighted by Crippen LogP contribution is -2.46. The van der Waals surface area contributed by atoms with Crippen molar-refractivity contribution in [1.29, 1.82) is 0 Å². The number of aromatic nitrogens is 1. The molecule has 0 saturated carbocycles. The van der Waals surface area contributed by atoms with Crippen LogP contribution in [-0.2, 0) is 10.0 Å². The van der Waals surface area contributed by atoms with Crippen molar-refractivity contribution in [2.24, 2.45) is 0 Å². The lowest BCUT2D eigenvalue weighted by molar-refractivity contribution is 0.360. The fourth-order valence-corrected chi connectivity index (χ4v) is 4.06. The highest BCUT2D eigenvalue weighted by Gasteiger charge is 2.26. The van der Waals surface area contributed by atoms with Gasteiger partial charge in [-0.3, -0.25) is 4.79 Å². The molecule has 3 rings (SSSR count). The molecule has 2 aromatic rings. The molecule has 2 heterocycles. The van der Waals surface area contributed by atoms with Crippen molar-refractivity contribution < 1.29 is 8.42 Å². The van der Waals surface area contributed by atoms with Crippen LogP contribution in [0.25, 0.3) is 10.9 Å². The maximum Gasteiger partial charge on any atom is 0.248 e. The van der Waals surface area contributed by atoms with E-state index in [1.165, 1.54) is 10.4 Å². The summed E-state index contributed by atoms with van der Waals surface area (Å²) in [6.07, 6.45) is 0. The standard InChI is InChI=1S/C14H17N3O3S/c1-10-8-14(18)16-13-3-2-11(9-12(10)13)21(19,20)17-6-4-15-5-7-17/h2-3,8-9,15H,4-7H2,1H3,(H,16,18). The van der Waals surface area contributed by atoms with Gasteiger partial charge in [-0.1, -0.05) is 0 Å². The zero-order valence-corrected chi connectivity index (χ0v) is 12.5. The van der Waals surface area contributed by atoms with Crippen LogP contribution in [0.2, 0.25) is 0 Å². The lowest BCUT2D eigenvalue weighted by atomic mass is 10.1. The molecule has 1 aliphatic heterocycles. The van der Waals surface area contributed by atoms with Crippen molar-refractivity contribution in [1.82, 2.24) is 14.6 Å². The van der Waals surface area contributed by atoms with Gasteiger partial charge in [0.25, 0.3) is 0 Å². The molecule has 112 valence electrons. The average Bonchev–Trinajstić information content (AvgIpc) is 2.47. The number of aryl methyl sites for hydroxylation is 1. The predicted octanol–water partition coefficient (Wildman–Crippen LogP) is 0.430. The van der Waals surface area contributed by atoms with Crippen LogP contribution in [0.1, 0.15) is 5.56 Å². The Morgan fingerprint density at radius 1 is 1.14 bits per heavy atom. The number of hydrogen-bond donors (Lipinski definition) is 2. The molecule has 2 N–H and O–H groups in total. The van der Waals surface area contributed by atoms with Crippen molar-refractivity contribution in [3.8, 4) is 0 Å². The van der Waals surface area contributed by atoms with E-state index in [1.807, 2.05) is 0 Å². The minimum Gasteiger partial charge on any atom is -0.322 e. The molecule has 7 heteroatoms. The second-order valence-corrected chi connectivity index (χ2v) is 7.12. The Bertz CT molecular complexity index is 836. The highest BCUT2D eigenvalue weighted by Crippen LogP contribution is 2.22. The minimum absolute atomic E-state index is 0.183. The average molecular weight is 307 g/mol. The van der Waals surface area contributed by atoms with Crippen LogP contribution >= 0.6 is 0 Å². The van der Waals surface area contributed by atoms with E-state index in [2.05, 4.69) is 10.3 Å². The van der Waals surface area contributed by atoms with E-state index >= 15 is 0 Å². The summed E-state index contributed by atoms with van der Waals surface area (Å²) in [6, 6.07) is 6.31. The van der Waals surface area contributed by atoms with Gasteiger partial charge in [-0.25, -0.2) is 8.42 Å². The quantitative estimate of drug-likeness (QED) is 0.843. The summed E-state index contributed by atoms with van der Waals surface area (Å²) >= 11 is 0. The maximum absolute atomic E-state index is 12.6. The molecule has 21 heavy (non-hydrogen) atoms. The Balaban J connectivity index is 2.10. The van der Waals surface area contributed by atoms with E-state index in [0.29, 0.717) is 31.7 Å². The van der Waals surface area contributed by atoms with Crippen LogP contribution in [0.15, 0.2) is 34.0 Å². The summed E-state index contributed by atoms with van der Waals surface area (Å²) in [5.41, 5.74) is 1.24. The normalized spacial score (nSPS) is 17.2. The van der Waals surface area contributed by atoms with Crippen molar-refractivity contribution in [2.75, 3.05) is 26.2 Å². The van der Waals surface area contributed by atoms with Crippen LogP contribution in [0.5, 0.6) is 0 Å². The molecular formula is C14H17N3O3S. The third-order valence-electron chi connectivity index (χ3n) is 3.74. The lowest BCUT2D eigenvalue weighted by Gasteiger charge is -2.26. The zero-order chi connectivity index (χ0) is 15.0. The monoisotopic (exact) mass is 307 g/mol. The number of piperazine rings is 1. The molecule has 6 nitrogen and oxygen atoms in total.